The van der Waals surface area contributed by atoms with E-state index < -0.39 is 20.5 Å². The van der Waals surface area contributed by atoms with Gasteiger partial charge >= 0.3 is 0 Å². The van der Waals surface area contributed by atoms with Gasteiger partial charge in [0.2, 0.25) is 10.0 Å². The Labute approximate surface area is 197 Å². The number of aliphatic hydroxyl groups is 1. The van der Waals surface area contributed by atoms with Crippen LogP contribution in [0.2, 0.25) is 0 Å². The van der Waals surface area contributed by atoms with Gasteiger partial charge in [-0.05, 0) is 32.0 Å². The number of sulfonamides is 1. The third kappa shape index (κ3) is 8.08. The molecule has 0 radical (unpaired) electrons. The number of furan rings is 1. The van der Waals surface area contributed by atoms with Crippen LogP contribution >= 0.6 is 24.0 Å². The molecule has 0 bridgehead atoms. The standard InChI is InChI=1S/C18H25N5O6S.HI/c1-3-19-17(21-13-18(2,24)16-8-5-11-29-16)20-9-10-22-30(27,28)15-7-4-6-14(12-15)23(25)26;/h4-8,11-12,22,24H,3,9-10,13H2,1-2H3,(H2,19,20,21);1H. The zero-order valence-electron chi connectivity index (χ0n) is 17.1. The second kappa shape index (κ2) is 12.0. The Bertz CT molecular complexity index is 979. The van der Waals surface area contributed by atoms with Crippen LogP contribution in [0.3, 0.4) is 0 Å². The summed E-state index contributed by atoms with van der Waals surface area (Å²) in [6, 6.07) is 8.13. The molecule has 0 spiro atoms. The van der Waals surface area contributed by atoms with E-state index in [2.05, 4.69) is 20.3 Å². The zero-order chi connectivity index (χ0) is 22.2. The smallest absolute Gasteiger partial charge is 0.270 e. The van der Waals surface area contributed by atoms with E-state index in [4.69, 9.17) is 4.42 Å². The fourth-order valence-electron chi connectivity index (χ4n) is 2.45. The lowest BCUT2D eigenvalue weighted by atomic mass is 10.0. The highest BCUT2D eigenvalue weighted by atomic mass is 127. The molecule has 0 fully saturated rings. The van der Waals surface area contributed by atoms with Crippen LogP contribution in [-0.2, 0) is 15.6 Å². The minimum absolute atomic E-state index is 0. The number of non-ortho nitro benzene ring substituents is 1. The minimum Gasteiger partial charge on any atom is -0.466 e. The summed E-state index contributed by atoms with van der Waals surface area (Å²) in [5.74, 6) is 0.769. The third-order valence-electron chi connectivity index (χ3n) is 3.99. The molecule has 172 valence electrons. The van der Waals surface area contributed by atoms with E-state index in [9.17, 15) is 23.6 Å². The molecule has 4 N–H and O–H groups in total. The molecular formula is C18H26IN5O6S. The average molecular weight is 567 g/mol. The fraction of sp³-hybridized carbons (Fsp3) is 0.389. The number of benzene rings is 1. The highest BCUT2D eigenvalue weighted by molar-refractivity contribution is 14.0. The molecule has 2 aromatic rings. The van der Waals surface area contributed by atoms with E-state index >= 15 is 0 Å². The van der Waals surface area contributed by atoms with Crippen LogP contribution in [0.4, 0.5) is 5.69 Å². The molecule has 0 amide bonds. The van der Waals surface area contributed by atoms with Gasteiger partial charge in [0.15, 0.2) is 5.96 Å². The summed E-state index contributed by atoms with van der Waals surface area (Å²) in [7, 11) is -3.90. The van der Waals surface area contributed by atoms with E-state index in [0.29, 0.717) is 18.3 Å². The number of hydrogen-bond donors (Lipinski definition) is 4. The molecule has 0 saturated heterocycles. The highest BCUT2D eigenvalue weighted by Crippen LogP contribution is 2.21. The Morgan fingerprint density at radius 3 is 2.61 bits per heavy atom. The van der Waals surface area contributed by atoms with Gasteiger partial charge < -0.3 is 20.2 Å². The molecule has 1 aromatic heterocycles. The Hall–Kier alpha value is -2.23. The SMILES string of the molecule is CCNC(=NCC(C)(O)c1ccco1)NCCNS(=O)(=O)c1cccc([N+](=O)[O-])c1.I. The number of hydrogen-bond acceptors (Lipinski definition) is 7. The van der Waals surface area contributed by atoms with Gasteiger partial charge in [0.05, 0.1) is 22.6 Å². The van der Waals surface area contributed by atoms with Crippen LogP contribution in [0.1, 0.15) is 19.6 Å². The second-order valence-corrected chi connectivity index (χ2v) is 8.29. The van der Waals surface area contributed by atoms with Crippen molar-refractivity contribution in [3.63, 3.8) is 0 Å². The number of rotatable bonds is 10. The first-order chi connectivity index (χ1) is 14.2. The third-order valence-corrected chi connectivity index (χ3v) is 5.45. The molecule has 1 atom stereocenters. The molecule has 0 aliphatic rings. The summed E-state index contributed by atoms with van der Waals surface area (Å²) >= 11 is 0. The number of nitrogens with zero attached hydrogens (tertiary/aromatic N) is 2. The molecule has 0 aliphatic heterocycles. The Morgan fingerprint density at radius 2 is 2.00 bits per heavy atom. The molecule has 11 nitrogen and oxygen atoms in total. The van der Waals surface area contributed by atoms with Crippen molar-refractivity contribution in [2.24, 2.45) is 4.99 Å². The number of aliphatic imine (C=N–C) groups is 1. The lowest BCUT2D eigenvalue weighted by molar-refractivity contribution is -0.385. The summed E-state index contributed by atoms with van der Waals surface area (Å²) in [5.41, 5.74) is -1.60. The first-order valence-electron chi connectivity index (χ1n) is 9.18. The number of nitro benzene ring substituents is 1. The van der Waals surface area contributed by atoms with E-state index in [1.165, 1.54) is 24.5 Å². The van der Waals surface area contributed by atoms with Crippen molar-refractivity contribution in [3.8, 4) is 0 Å². The summed E-state index contributed by atoms with van der Waals surface area (Å²) in [6.45, 7) is 4.25. The predicted octanol–water partition coefficient (Wildman–Crippen LogP) is 1.55. The van der Waals surface area contributed by atoms with Gasteiger partial charge in [-0.25, -0.2) is 18.1 Å². The number of guanidine groups is 1. The second-order valence-electron chi connectivity index (χ2n) is 6.53. The van der Waals surface area contributed by atoms with Gasteiger partial charge in [-0.15, -0.1) is 24.0 Å². The minimum atomic E-state index is -3.90. The Kier molecular flexibility index (Phi) is 10.4. The van der Waals surface area contributed by atoms with Gasteiger partial charge in [-0.2, -0.15) is 0 Å². The van der Waals surface area contributed by atoms with Gasteiger partial charge in [-0.1, -0.05) is 6.07 Å². The van der Waals surface area contributed by atoms with Crippen molar-refractivity contribution >= 4 is 45.6 Å². The molecule has 13 heteroatoms. The quantitative estimate of drug-likeness (QED) is 0.0841. The van der Waals surface area contributed by atoms with Crippen molar-refractivity contribution in [2.75, 3.05) is 26.2 Å². The van der Waals surface area contributed by atoms with E-state index in [1.54, 1.807) is 19.1 Å². The normalized spacial score (nSPS) is 13.7. The zero-order valence-corrected chi connectivity index (χ0v) is 20.2. The molecule has 1 unspecified atom stereocenters. The average Bonchev–Trinajstić information content (AvgIpc) is 3.25. The predicted molar refractivity (Wildman–Crippen MR) is 126 cm³/mol. The molecule has 0 aliphatic carbocycles. The monoisotopic (exact) mass is 567 g/mol. The Balaban J connectivity index is 0.00000480. The van der Waals surface area contributed by atoms with Gasteiger partial charge in [0.25, 0.3) is 5.69 Å². The van der Waals surface area contributed by atoms with Crippen molar-refractivity contribution in [1.29, 1.82) is 0 Å². The molecular weight excluding hydrogens is 541 g/mol. The lowest BCUT2D eigenvalue weighted by Crippen LogP contribution is -2.42. The van der Waals surface area contributed by atoms with Gasteiger partial charge in [0.1, 0.15) is 11.4 Å². The molecule has 31 heavy (non-hydrogen) atoms. The van der Waals surface area contributed by atoms with Gasteiger partial charge in [-0.3, -0.25) is 10.1 Å². The van der Waals surface area contributed by atoms with Crippen LogP contribution < -0.4 is 15.4 Å². The summed E-state index contributed by atoms with van der Waals surface area (Å²) in [6.07, 6.45) is 1.46. The first-order valence-corrected chi connectivity index (χ1v) is 10.7. The first kappa shape index (κ1) is 26.8. The fourth-order valence-corrected chi connectivity index (χ4v) is 3.52. The molecule has 1 aromatic carbocycles. The summed E-state index contributed by atoms with van der Waals surface area (Å²) in [4.78, 5) is 14.3. The largest absolute Gasteiger partial charge is 0.466 e. The highest BCUT2D eigenvalue weighted by Gasteiger charge is 2.26. The van der Waals surface area contributed by atoms with Gasteiger partial charge in [0, 0.05) is 31.8 Å². The number of halogens is 1. The number of nitrogens with one attached hydrogen (secondary N) is 3. The van der Waals surface area contributed by atoms with Crippen molar-refractivity contribution in [1.82, 2.24) is 15.4 Å². The van der Waals surface area contributed by atoms with Crippen molar-refractivity contribution in [3.05, 3.63) is 58.5 Å². The Morgan fingerprint density at radius 1 is 1.26 bits per heavy atom. The molecule has 1 heterocycles. The van der Waals surface area contributed by atoms with E-state index in [0.717, 1.165) is 6.07 Å². The molecule has 2 rings (SSSR count). The maximum atomic E-state index is 12.3. The summed E-state index contributed by atoms with van der Waals surface area (Å²) in [5, 5.41) is 27.2. The molecule has 0 saturated carbocycles. The van der Waals surface area contributed by atoms with Crippen LogP contribution in [0.25, 0.3) is 0 Å². The van der Waals surface area contributed by atoms with Crippen LogP contribution in [0.5, 0.6) is 0 Å². The number of nitro groups is 1. The maximum Gasteiger partial charge on any atom is 0.270 e. The lowest BCUT2D eigenvalue weighted by Gasteiger charge is -2.19. The maximum absolute atomic E-state index is 12.3. The van der Waals surface area contributed by atoms with Crippen LogP contribution in [0.15, 0.2) is 57.0 Å². The topological polar surface area (TPSA) is 159 Å². The van der Waals surface area contributed by atoms with Crippen molar-refractivity contribution in [2.45, 2.75) is 24.3 Å². The van der Waals surface area contributed by atoms with E-state index in [1.807, 2.05) is 6.92 Å². The van der Waals surface area contributed by atoms with Crippen LogP contribution in [0, 0.1) is 10.1 Å². The van der Waals surface area contributed by atoms with E-state index in [-0.39, 0.29) is 54.2 Å². The summed E-state index contributed by atoms with van der Waals surface area (Å²) < 4.78 is 32.2. The van der Waals surface area contributed by atoms with Crippen molar-refractivity contribution < 1.29 is 22.9 Å². The van der Waals surface area contributed by atoms with Crippen LogP contribution in [-0.4, -0.2) is 50.6 Å².